The monoisotopic (exact) mass is 466 g/mol. The predicted octanol–water partition coefficient (Wildman–Crippen LogP) is 4.58. The van der Waals surface area contributed by atoms with Crippen molar-refractivity contribution in [2.45, 2.75) is 52.1 Å². The molecule has 2 heterocycles. The van der Waals surface area contributed by atoms with E-state index in [1.54, 1.807) is 65.0 Å². The Kier molecular flexibility index (Phi) is 5.58. The van der Waals surface area contributed by atoms with E-state index in [2.05, 4.69) is 0 Å². The number of nitrogens with zero attached hydrogens (tertiary/aromatic N) is 2. The highest BCUT2D eigenvalue weighted by molar-refractivity contribution is 6.27. The Morgan fingerprint density at radius 1 is 1.09 bits per heavy atom. The minimum Gasteiger partial charge on any atom is -0.443 e. The first-order valence-electron chi connectivity index (χ1n) is 11.2. The van der Waals surface area contributed by atoms with Crippen LogP contribution in [0, 0.1) is 17.7 Å². The molecule has 34 heavy (non-hydrogen) atoms. The zero-order valence-corrected chi connectivity index (χ0v) is 19.8. The number of amides is 4. The molecule has 4 rings (SSSR count). The van der Waals surface area contributed by atoms with Crippen molar-refractivity contribution in [2.24, 2.45) is 11.8 Å². The first kappa shape index (κ1) is 23.6. The van der Waals surface area contributed by atoms with Gasteiger partial charge in [0.15, 0.2) is 0 Å². The Balaban J connectivity index is 1.88. The lowest BCUT2D eigenvalue weighted by atomic mass is 9.63. The second kappa shape index (κ2) is 8.04. The van der Waals surface area contributed by atoms with E-state index < -0.39 is 52.5 Å². The van der Waals surface area contributed by atoms with Crippen molar-refractivity contribution in [1.82, 2.24) is 0 Å². The van der Waals surface area contributed by atoms with E-state index >= 15 is 0 Å². The molecule has 0 N–H and O–H groups in total. The summed E-state index contributed by atoms with van der Waals surface area (Å²) in [6.45, 7) is 8.47. The Bertz CT molecular complexity index is 1190. The van der Waals surface area contributed by atoms with Gasteiger partial charge in [0, 0.05) is 6.42 Å². The van der Waals surface area contributed by atoms with E-state index in [9.17, 15) is 23.6 Å². The number of carbonyl (C=O) groups excluding carboxylic acids is 4. The highest BCUT2D eigenvalue weighted by Crippen LogP contribution is 2.54. The quantitative estimate of drug-likeness (QED) is 0.619. The van der Waals surface area contributed by atoms with E-state index in [1.807, 2.05) is 0 Å². The van der Waals surface area contributed by atoms with Gasteiger partial charge in [-0.3, -0.25) is 19.3 Å². The molecule has 0 saturated carbocycles. The summed E-state index contributed by atoms with van der Waals surface area (Å²) in [5, 5.41) is 0. The number of hydrogen-bond acceptors (Lipinski definition) is 5. The third-order valence-electron chi connectivity index (χ3n) is 6.40. The van der Waals surface area contributed by atoms with Gasteiger partial charge in [-0.25, -0.2) is 14.1 Å². The minimum absolute atomic E-state index is 0.160. The van der Waals surface area contributed by atoms with Gasteiger partial charge in [-0.05, 0) is 62.6 Å². The lowest BCUT2D eigenvalue weighted by Crippen LogP contribution is -2.53. The van der Waals surface area contributed by atoms with Crippen LogP contribution in [0.3, 0.4) is 0 Å². The van der Waals surface area contributed by atoms with Gasteiger partial charge < -0.3 is 4.74 Å². The Labute approximate surface area is 197 Å². The first-order chi connectivity index (χ1) is 15.9. The lowest BCUT2D eigenvalue weighted by Gasteiger charge is -2.36. The summed E-state index contributed by atoms with van der Waals surface area (Å²) in [5.41, 5.74) is -1.74. The molecule has 2 aromatic rings. The number of para-hydroxylation sites is 1. The van der Waals surface area contributed by atoms with Crippen LogP contribution in [-0.2, 0) is 24.5 Å². The summed E-state index contributed by atoms with van der Waals surface area (Å²) in [5.74, 6) is -3.97. The van der Waals surface area contributed by atoms with Crippen LogP contribution in [0.4, 0.5) is 20.6 Å². The Hall–Kier alpha value is -3.55. The number of fused-ring (bicyclic) bond motifs is 1. The van der Waals surface area contributed by atoms with Crippen molar-refractivity contribution in [3.05, 3.63) is 59.9 Å². The summed E-state index contributed by atoms with van der Waals surface area (Å²) in [6.07, 6.45) is -1.15. The summed E-state index contributed by atoms with van der Waals surface area (Å²) >= 11 is 0. The van der Waals surface area contributed by atoms with Crippen LogP contribution in [0.1, 0.15) is 46.6 Å². The average molecular weight is 467 g/mol. The maximum Gasteiger partial charge on any atom is 0.421 e. The molecule has 0 bridgehead atoms. The zero-order chi connectivity index (χ0) is 25.0. The molecule has 1 fully saturated rings. The van der Waals surface area contributed by atoms with Gasteiger partial charge in [-0.2, -0.15) is 0 Å². The van der Waals surface area contributed by atoms with Crippen LogP contribution in [0.2, 0.25) is 0 Å². The van der Waals surface area contributed by atoms with Gasteiger partial charge in [0.25, 0.3) is 0 Å². The third kappa shape index (κ3) is 3.48. The van der Waals surface area contributed by atoms with Crippen molar-refractivity contribution in [3.8, 4) is 0 Å². The molecule has 4 amide bonds. The molecule has 7 nitrogen and oxygen atoms in total. The van der Waals surface area contributed by atoms with Crippen LogP contribution in [0.15, 0.2) is 48.5 Å². The molecule has 0 aromatic heterocycles. The third-order valence-corrected chi connectivity index (χ3v) is 6.40. The van der Waals surface area contributed by atoms with Crippen LogP contribution in [-0.4, -0.2) is 29.4 Å². The van der Waals surface area contributed by atoms with Crippen molar-refractivity contribution in [2.75, 3.05) is 9.80 Å². The standard InChI is InChI=1S/C26H27FN2O5/c1-15(2)26(19-14-21(30)28(22(19)31)17-9-7-6-8-10-17)18-13-16(27)11-12-20(18)29(23(26)32)24(33)34-25(3,4)5/h6-13,15,19H,14H2,1-5H3/t19-,26?/m1/s1. The van der Waals surface area contributed by atoms with E-state index in [0.29, 0.717) is 5.69 Å². The fourth-order valence-corrected chi connectivity index (χ4v) is 5.07. The van der Waals surface area contributed by atoms with Crippen LogP contribution >= 0.6 is 0 Å². The molecule has 178 valence electrons. The molecule has 8 heteroatoms. The maximum atomic E-state index is 14.5. The van der Waals surface area contributed by atoms with Gasteiger partial charge in [-0.15, -0.1) is 0 Å². The van der Waals surface area contributed by atoms with Crippen molar-refractivity contribution in [3.63, 3.8) is 0 Å². The second-order valence-electron chi connectivity index (χ2n) is 9.97. The molecule has 2 atom stereocenters. The van der Waals surface area contributed by atoms with Gasteiger partial charge in [-0.1, -0.05) is 32.0 Å². The van der Waals surface area contributed by atoms with E-state index in [-0.39, 0.29) is 17.7 Å². The molecule has 2 aliphatic heterocycles. The summed E-state index contributed by atoms with van der Waals surface area (Å²) < 4.78 is 20.0. The maximum absolute atomic E-state index is 14.5. The molecule has 2 aliphatic rings. The minimum atomic E-state index is -1.62. The number of imide groups is 2. The van der Waals surface area contributed by atoms with E-state index in [4.69, 9.17) is 4.74 Å². The van der Waals surface area contributed by atoms with Gasteiger partial charge in [0.1, 0.15) is 11.4 Å². The number of halogens is 1. The first-order valence-corrected chi connectivity index (χ1v) is 11.2. The van der Waals surface area contributed by atoms with Crippen molar-refractivity contribution < 1.29 is 28.3 Å². The highest BCUT2D eigenvalue weighted by atomic mass is 19.1. The number of carbonyl (C=O) groups is 4. The van der Waals surface area contributed by atoms with Crippen LogP contribution in [0.25, 0.3) is 0 Å². The van der Waals surface area contributed by atoms with Gasteiger partial charge in [0.2, 0.25) is 17.7 Å². The number of rotatable bonds is 3. The number of ether oxygens (including phenoxy) is 1. The van der Waals surface area contributed by atoms with Crippen molar-refractivity contribution in [1.29, 1.82) is 0 Å². The normalized spacial score (nSPS) is 22.6. The summed E-state index contributed by atoms with van der Waals surface area (Å²) in [6, 6.07) is 12.1. The van der Waals surface area contributed by atoms with Crippen LogP contribution < -0.4 is 9.80 Å². The highest BCUT2D eigenvalue weighted by Gasteiger charge is 2.64. The fourth-order valence-electron chi connectivity index (χ4n) is 5.07. The molecule has 2 aromatic carbocycles. The predicted molar refractivity (Wildman–Crippen MR) is 124 cm³/mol. The molecule has 0 radical (unpaired) electrons. The SMILES string of the molecule is CC(C)C1([C@@H]2CC(=O)N(c3ccccc3)C2=O)C(=O)N(C(=O)OC(C)(C)C)c2ccc(F)cc21. The molecule has 1 saturated heterocycles. The number of anilines is 2. The van der Waals surface area contributed by atoms with Crippen molar-refractivity contribution >= 4 is 35.2 Å². The Morgan fingerprint density at radius 2 is 1.74 bits per heavy atom. The topological polar surface area (TPSA) is 84.0 Å². The van der Waals surface area contributed by atoms with Gasteiger partial charge in [0.05, 0.1) is 22.7 Å². The number of hydrogen-bond donors (Lipinski definition) is 0. The molecular formula is C26H27FN2O5. The van der Waals surface area contributed by atoms with E-state index in [0.717, 1.165) is 15.9 Å². The zero-order valence-electron chi connectivity index (χ0n) is 19.8. The summed E-state index contributed by atoms with van der Waals surface area (Å²) in [7, 11) is 0. The summed E-state index contributed by atoms with van der Waals surface area (Å²) in [4.78, 5) is 55.8. The average Bonchev–Trinajstić information content (AvgIpc) is 3.17. The molecule has 0 aliphatic carbocycles. The largest absolute Gasteiger partial charge is 0.443 e. The number of benzene rings is 2. The van der Waals surface area contributed by atoms with E-state index in [1.165, 1.54) is 12.1 Å². The lowest BCUT2D eigenvalue weighted by molar-refractivity contribution is -0.133. The molecule has 0 spiro atoms. The smallest absolute Gasteiger partial charge is 0.421 e. The van der Waals surface area contributed by atoms with Crippen LogP contribution in [0.5, 0.6) is 0 Å². The molecule has 1 unspecified atom stereocenters. The second-order valence-corrected chi connectivity index (χ2v) is 9.97. The Morgan fingerprint density at radius 3 is 2.32 bits per heavy atom. The fraction of sp³-hybridized carbons (Fsp3) is 0.385. The molecular weight excluding hydrogens is 439 g/mol. The van der Waals surface area contributed by atoms with Gasteiger partial charge >= 0.3 is 6.09 Å².